The third kappa shape index (κ3) is 3.81. The molecular weight excluding hydrogens is 296 g/mol. The summed E-state index contributed by atoms with van der Waals surface area (Å²) in [4.78, 5) is 12.3. The summed E-state index contributed by atoms with van der Waals surface area (Å²) in [7, 11) is 0. The van der Waals surface area contributed by atoms with Gasteiger partial charge >= 0.3 is 0 Å². The number of fused-ring (bicyclic) bond motifs is 1. The molecule has 0 saturated carbocycles. The first kappa shape index (κ1) is 15.4. The summed E-state index contributed by atoms with van der Waals surface area (Å²) in [5.74, 6) is 1.12. The van der Waals surface area contributed by atoms with Crippen LogP contribution >= 0.6 is 0 Å². The molecule has 1 aromatic carbocycles. The van der Waals surface area contributed by atoms with Crippen LogP contribution < -0.4 is 20.5 Å². The minimum atomic E-state index is -0.226. The second-order valence-electron chi connectivity index (χ2n) is 5.59. The minimum Gasteiger partial charge on any atom is -0.490 e. The van der Waals surface area contributed by atoms with E-state index >= 15 is 0 Å². The summed E-state index contributed by atoms with van der Waals surface area (Å²) in [5, 5.41) is 6.97. The number of rotatable bonds is 4. The van der Waals surface area contributed by atoms with Crippen molar-refractivity contribution in [3.8, 4) is 11.5 Å². The van der Waals surface area contributed by atoms with Gasteiger partial charge in [0.2, 0.25) is 0 Å². The van der Waals surface area contributed by atoms with Gasteiger partial charge in [-0.2, -0.15) is 5.10 Å². The maximum atomic E-state index is 12.3. The average Bonchev–Trinajstić information content (AvgIpc) is 2.84. The Morgan fingerprint density at radius 1 is 1.39 bits per heavy atom. The van der Waals surface area contributed by atoms with Gasteiger partial charge in [-0.3, -0.25) is 9.48 Å². The number of carbonyl (C=O) groups excluding carboxylic acids is 1. The second kappa shape index (κ2) is 6.70. The van der Waals surface area contributed by atoms with E-state index in [1.54, 1.807) is 29.1 Å². The highest BCUT2D eigenvalue weighted by Crippen LogP contribution is 2.32. The number of nitrogens with one attached hydrogen (secondary N) is 1. The van der Waals surface area contributed by atoms with E-state index in [4.69, 9.17) is 15.2 Å². The normalized spacial score (nSPS) is 14.9. The van der Waals surface area contributed by atoms with Gasteiger partial charge in [0.25, 0.3) is 5.91 Å². The molecule has 0 spiro atoms. The molecule has 122 valence electrons. The molecule has 0 fully saturated rings. The Kier molecular flexibility index (Phi) is 4.47. The number of amides is 1. The van der Waals surface area contributed by atoms with Crippen LogP contribution in [0.25, 0.3) is 0 Å². The van der Waals surface area contributed by atoms with Crippen LogP contribution in [0.1, 0.15) is 23.7 Å². The van der Waals surface area contributed by atoms with Gasteiger partial charge < -0.3 is 20.5 Å². The van der Waals surface area contributed by atoms with Crippen LogP contribution in [0.3, 0.4) is 0 Å². The van der Waals surface area contributed by atoms with E-state index < -0.39 is 0 Å². The minimum absolute atomic E-state index is 0.0208. The number of nitrogens with two attached hydrogens (primary N) is 1. The Bertz CT molecular complexity index is 696. The quantitative estimate of drug-likeness (QED) is 0.895. The fourth-order valence-corrected chi connectivity index (χ4v) is 2.32. The first-order valence-corrected chi connectivity index (χ1v) is 7.61. The first-order chi connectivity index (χ1) is 11.1. The van der Waals surface area contributed by atoms with E-state index in [2.05, 4.69) is 10.4 Å². The summed E-state index contributed by atoms with van der Waals surface area (Å²) >= 11 is 0. The zero-order valence-electron chi connectivity index (χ0n) is 13.0. The van der Waals surface area contributed by atoms with Gasteiger partial charge in [-0.25, -0.2) is 0 Å². The fourth-order valence-electron chi connectivity index (χ4n) is 2.32. The molecule has 0 bridgehead atoms. The molecule has 0 radical (unpaired) electrons. The Balaban J connectivity index is 1.70. The van der Waals surface area contributed by atoms with Crippen LogP contribution in [0.5, 0.6) is 11.5 Å². The van der Waals surface area contributed by atoms with Crippen molar-refractivity contribution in [2.45, 2.75) is 25.9 Å². The van der Waals surface area contributed by atoms with Crippen LogP contribution in [-0.4, -0.2) is 34.9 Å². The first-order valence-electron chi connectivity index (χ1n) is 7.61. The van der Waals surface area contributed by atoms with Crippen molar-refractivity contribution in [2.24, 2.45) is 5.73 Å². The number of ether oxygens (including phenoxy) is 2. The van der Waals surface area contributed by atoms with Gasteiger partial charge in [-0.1, -0.05) is 0 Å². The van der Waals surface area contributed by atoms with Crippen LogP contribution in [0.2, 0.25) is 0 Å². The second-order valence-corrected chi connectivity index (χ2v) is 5.59. The average molecular weight is 316 g/mol. The third-order valence-corrected chi connectivity index (χ3v) is 3.38. The van der Waals surface area contributed by atoms with E-state index in [1.165, 1.54) is 6.20 Å². The Morgan fingerprint density at radius 2 is 2.17 bits per heavy atom. The number of anilines is 1. The van der Waals surface area contributed by atoms with Crippen molar-refractivity contribution < 1.29 is 14.3 Å². The van der Waals surface area contributed by atoms with Crippen molar-refractivity contribution in [3.05, 3.63) is 36.2 Å². The molecule has 3 N–H and O–H groups in total. The molecule has 0 saturated heterocycles. The lowest BCUT2D eigenvalue weighted by Crippen LogP contribution is -2.22. The van der Waals surface area contributed by atoms with Gasteiger partial charge in [-0.15, -0.1) is 0 Å². The van der Waals surface area contributed by atoms with E-state index in [0.29, 0.717) is 42.5 Å². The predicted molar refractivity (Wildman–Crippen MR) is 85.9 cm³/mol. The lowest BCUT2D eigenvalue weighted by Gasteiger charge is -2.10. The zero-order chi connectivity index (χ0) is 16.2. The van der Waals surface area contributed by atoms with Crippen molar-refractivity contribution in [3.63, 3.8) is 0 Å². The maximum absolute atomic E-state index is 12.3. The highest BCUT2D eigenvalue weighted by molar-refractivity contribution is 6.04. The van der Waals surface area contributed by atoms with Crippen LogP contribution in [-0.2, 0) is 6.54 Å². The van der Waals surface area contributed by atoms with E-state index in [1.807, 2.05) is 6.92 Å². The summed E-state index contributed by atoms with van der Waals surface area (Å²) in [5.41, 5.74) is 6.86. The molecule has 1 aromatic heterocycles. The standard InChI is InChI=1S/C16H20N4O3/c1-11(17)9-20-10-12(8-18-20)16(21)19-13-3-4-14-15(7-13)23-6-2-5-22-14/h3-4,7-8,10-11H,2,5-6,9,17H2,1H3,(H,19,21). The molecule has 7 nitrogen and oxygen atoms in total. The predicted octanol–water partition coefficient (Wildman–Crippen LogP) is 1.64. The molecule has 23 heavy (non-hydrogen) atoms. The topological polar surface area (TPSA) is 91.4 Å². The summed E-state index contributed by atoms with van der Waals surface area (Å²) in [6, 6.07) is 5.34. The van der Waals surface area contributed by atoms with Crippen LogP contribution in [0.4, 0.5) is 5.69 Å². The van der Waals surface area contributed by atoms with E-state index in [9.17, 15) is 4.79 Å². The largest absolute Gasteiger partial charge is 0.490 e. The lowest BCUT2D eigenvalue weighted by molar-refractivity contribution is 0.102. The van der Waals surface area contributed by atoms with Gasteiger partial charge in [-0.05, 0) is 19.1 Å². The Hall–Kier alpha value is -2.54. The highest BCUT2D eigenvalue weighted by Gasteiger charge is 2.14. The van der Waals surface area contributed by atoms with Gasteiger partial charge in [0.15, 0.2) is 11.5 Å². The van der Waals surface area contributed by atoms with Crippen molar-refractivity contribution in [1.29, 1.82) is 0 Å². The molecule has 3 rings (SSSR count). The lowest BCUT2D eigenvalue weighted by atomic mass is 10.2. The molecule has 2 aromatic rings. The van der Waals surface area contributed by atoms with Crippen LogP contribution in [0, 0.1) is 0 Å². The number of benzene rings is 1. The molecule has 2 heterocycles. The molecular formula is C16H20N4O3. The monoisotopic (exact) mass is 316 g/mol. The van der Waals surface area contributed by atoms with Gasteiger partial charge in [0.1, 0.15) is 0 Å². The molecule has 1 aliphatic rings. The number of nitrogens with zero attached hydrogens (tertiary/aromatic N) is 2. The number of hydrogen-bond acceptors (Lipinski definition) is 5. The molecule has 0 aliphatic carbocycles. The molecule has 1 amide bonds. The fraction of sp³-hybridized carbons (Fsp3) is 0.375. The Labute approximate surface area is 134 Å². The molecule has 1 aliphatic heterocycles. The number of hydrogen-bond donors (Lipinski definition) is 2. The SMILES string of the molecule is CC(N)Cn1cc(C(=O)Nc2ccc3c(c2)OCCCO3)cn1. The van der Waals surface area contributed by atoms with Crippen LogP contribution in [0.15, 0.2) is 30.6 Å². The summed E-state index contributed by atoms with van der Waals surface area (Å²) in [6.07, 6.45) is 4.05. The molecule has 1 unspecified atom stereocenters. The molecule has 1 atom stereocenters. The molecule has 7 heteroatoms. The maximum Gasteiger partial charge on any atom is 0.258 e. The summed E-state index contributed by atoms with van der Waals surface area (Å²) < 4.78 is 12.8. The van der Waals surface area contributed by atoms with Crippen molar-refractivity contribution in [2.75, 3.05) is 18.5 Å². The van der Waals surface area contributed by atoms with E-state index in [-0.39, 0.29) is 11.9 Å². The highest BCUT2D eigenvalue weighted by atomic mass is 16.5. The van der Waals surface area contributed by atoms with Crippen molar-refractivity contribution >= 4 is 11.6 Å². The number of aromatic nitrogens is 2. The third-order valence-electron chi connectivity index (χ3n) is 3.38. The zero-order valence-corrected chi connectivity index (χ0v) is 13.0. The number of carbonyl (C=O) groups is 1. The van der Waals surface area contributed by atoms with Gasteiger partial charge in [0, 0.05) is 30.4 Å². The van der Waals surface area contributed by atoms with E-state index in [0.717, 1.165) is 6.42 Å². The summed E-state index contributed by atoms with van der Waals surface area (Å²) in [6.45, 7) is 3.70. The van der Waals surface area contributed by atoms with Gasteiger partial charge in [0.05, 0.1) is 31.5 Å². The Morgan fingerprint density at radius 3 is 2.96 bits per heavy atom. The smallest absolute Gasteiger partial charge is 0.258 e. The van der Waals surface area contributed by atoms with Crippen molar-refractivity contribution in [1.82, 2.24) is 9.78 Å².